The molecular formula is C14H19BN6O3. The van der Waals surface area contributed by atoms with Crippen LogP contribution in [0.4, 0.5) is 5.82 Å². The molecule has 0 aliphatic carbocycles. The highest BCUT2D eigenvalue weighted by atomic mass is 16.4. The predicted octanol–water partition coefficient (Wildman–Crippen LogP) is -0.262. The first-order valence-electron chi connectivity index (χ1n) is 7.76. The van der Waals surface area contributed by atoms with E-state index in [-0.39, 0.29) is 12.5 Å². The lowest BCUT2D eigenvalue weighted by atomic mass is 9.83. The lowest BCUT2D eigenvalue weighted by molar-refractivity contribution is -0.137. The van der Waals surface area contributed by atoms with E-state index in [9.17, 15) is 14.9 Å². The summed E-state index contributed by atoms with van der Waals surface area (Å²) in [4.78, 5) is 27.8. The number of piperazine rings is 1. The Bertz CT molecular complexity index is 696. The van der Waals surface area contributed by atoms with Crippen LogP contribution in [-0.4, -0.2) is 73.2 Å². The highest BCUT2D eigenvalue weighted by molar-refractivity contribution is 6.45. The number of aromatic nitrogens is 4. The Morgan fingerprint density at radius 3 is 2.92 bits per heavy atom. The topological polar surface area (TPSA) is 108 Å². The van der Waals surface area contributed by atoms with Crippen LogP contribution in [0.15, 0.2) is 31.0 Å². The van der Waals surface area contributed by atoms with Gasteiger partial charge in [0.15, 0.2) is 0 Å². The Hall–Kier alpha value is -2.46. The van der Waals surface area contributed by atoms with Crippen molar-refractivity contribution in [2.75, 3.05) is 24.5 Å². The average Bonchev–Trinajstić information content (AvgIpc) is 3.09. The lowest BCUT2D eigenvalue weighted by Crippen LogP contribution is -2.57. The summed E-state index contributed by atoms with van der Waals surface area (Å²) in [5.74, 6) is 0.281. The number of hydrogen-bond donors (Lipinski definition) is 2. The number of carboxylic acids is 1. The smallest absolute Gasteiger partial charge is 0.376 e. The van der Waals surface area contributed by atoms with Crippen molar-refractivity contribution in [3.8, 4) is 5.95 Å². The van der Waals surface area contributed by atoms with Crippen molar-refractivity contribution in [2.45, 2.75) is 19.3 Å². The van der Waals surface area contributed by atoms with E-state index in [4.69, 9.17) is 0 Å². The van der Waals surface area contributed by atoms with Crippen molar-refractivity contribution >= 4 is 18.8 Å². The maximum atomic E-state index is 11.2. The van der Waals surface area contributed by atoms with Gasteiger partial charge in [-0.15, -0.1) is 0 Å². The lowest BCUT2D eigenvalue weighted by Gasteiger charge is -2.42. The number of carboxylic acid groups (broad SMARTS) is 1. The zero-order chi connectivity index (χ0) is 17.1. The van der Waals surface area contributed by atoms with Gasteiger partial charge in [0, 0.05) is 38.2 Å². The molecule has 2 aromatic heterocycles. The van der Waals surface area contributed by atoms with Crippen LogP contribution in [0.25, 0.3) is 5.95 Å². The molecule has 1 saturated heterocycles. The molecule has 2 aromatic rings. The molecule has 0 aromatic carbocycles. The summed E-state index contributed by atoms with van der Waals surface area (Å²) in [6.07, 6.45) is 6.63. The Balaban J connectivity index is 1.86. The van der Waals surface area contributed by atoms with E-state index in [2.05, 4.69) is 15.0 Å². The minimum absolute atomic E-state index is 0.0202. The zero-order valence-corrected chi connectivity index (χ0v) is 13.4. The second-order valence-corrected chi connectivity index (χ2v) is 5.76. The van der Waals surface area contributed by atoms with Gasteiger partial charge in [0.2, 0.25) is 5.95 Å². The molecule has 0 saturated carbocycles. The van der Waals surface area contributed by atoms with Crippen molar-refractivity contribution in [1.29, 1.82) is 0 Å². The van der Waals surface area contributed by atoms with Gasteiger partial charge in [-0.05, 0) is 12.9 Å². The third-order valence-corrected chi connectivity index (χ3v) is 4.11. The summed E-state index contributed by atoms with van der Waals surface area (Å²) in [7, 11) is -0.602. The third-order valence-electron chi connectivity index (χ3n) is 4.11. The second-order valence-electron chi connectivity index (χ2n) is 5.76. The van der Waals surface area contributed by atoms with Gasteiger partial charge in [-0.1, -0.05) is 0 Å². The van der Waals surface area contributed by atoms with E-state index in [0.717, 1.165) is 0 Å². The Labute approximate surface area is 139 Å². The third kappa shape index (κ3) is 3.54. The monoisotopic (exact) mass is 330 g/mol. The molecule has 1 unspecified atom stereocenters. The van der Waals surface area contributed by atoms with Crippen LogP contribution in [0.1, 0.15) is 6.42 Å². The predicted molar refractivity (Wildman–Crippen MR) is 88.0 cm³/mol. The van der Waals surface area contributed by atoms with Crippen molar-refractivity contribution < 1.29 is 14.9 Å². The van der Waals surface area contributed by atoms with Crippen molar-refractivity contribution in [1.82, 2.24) is 24.3 Å². The molecule has 2 N–H and O–H groups in total. The molecule has 1 fully saturated rings. The van der Waals surface area contributed by atoms with Crippen LogP contribution in [0.5, 0.6) is 0 Å². The van der Waals surface area contributed by atoms with E-state index in [1.807, 2.05) is 9.71 Å². The number of rotatable bonds is 5. The number of imidazole rings is 1. The Morgan fingerprint density at radius 2 is 2.25 bits per heavy atom. The molecule has 9 nitrogen and oxygen atoms in total. The summed E-state index contributed by atoms with van der Waals surface area (Å²) in [6.45, 7) is 3.38. The first-order valence-corrected chi connectivity index (χ1v) is 7.76. The molecule has 1 atom stereocenters. The van der Waals surface area contributed by atoms with E-state index in [1.165, 1.54) is 0 Å². The molecule has 0 spiro atoms. The Morgan fingerprint density at radius 1 is 1.42 bits per heavy atom. The highest BCUT2D eigenvalue weighted by Gasteiger charge is 2.32. The fourth-order valence-electron chi connectivity index (χ4n) is 2.90. The minimum atomic E-state index is -0.874. The first-order chi connectivity index (χ1) is 11.5. The summed E-state index contributed by atoms with van der Waals surface area (Å²) >= 11 is 0. The molecule has 24 heavy (non-hydrogen) atoms. The Kier molecular flexibility index (Phi) is 4.77. The standard InChI is InChI=1S/C14H19BN6O3/c1-15(24)20-6-7-21(11(9-20)8-13(22)23)12-2-3-17-14(18-12)19-5-4-16-10-19/h2-5,10-11,24H,6-9H2,1H3,(H,22,23). The molecule has 3 heterocycles. The maximum Gasteiger partial charge on any atom is 0.376 e. The summed E-state index contributed by atoms with van der Waals surface area (Å²) in [5.41, 5.74) is 0. The molecule has 1 aliphatic rings. The fourth-order valence-corrected chi connectivity index (χ4v) is 2.90. The molecule has 0 amide bonds. The SMILES string of the molecule is CB(O)N1CCN(c2ccnc(-n3ccnc3)n2)C(CC(=O)O)C1. The quantitative estimate of drug-likeness (QED) is 0.722. The van der Waals surface area contributed by atoms with E-state index in [0.29, 0.717) is 31.4 Å². The fraction of sp³-hybridized carbons (Fsp3) is 0.429. The van der Waals surface area contributed by atoms with Crippen LogP contribution < -0.4 is 4.90 Å². The number of nitrogens with zero attached hydrogens (tertiary/aromatic N) is 6. The molecule has 3 rings (SSSR count). The molecule has 126 valence electrons. The van der Waals surface area contributed by atoms with Crippen molar-refractivity contribution in [2.24, 2.45) is 0 Å². The molecule has 1 aliphatic heterocycles. The molecule has 0 radical (unpaired) electrons. The number of anilines is 1. The molecule has 10 heteroatoms. The van der Waals surface area contributed by atoms with Gasteiger partial charge in [-0.3, -0.25) is 9.36 Å². The van der Waals surface area contributed by atoms with Crippen LogP contribution in [0, 0.1) is 0 Å². The van der Waals surface area contributed by atoms with Gasteiger partial charge in [0.25, 0.3) is 0 Å². The first kappa shape index (κ1) is 16.4. The summed E-state index contributed by atoms with van der Waals surface area (Å²) in [5, 5.41) is 19.0. The second kappa shape index (κ2) is 6.97. The van der Waals surface area contributed by atoms with Crippen LogP contribution in [0.2, 0.25) is 6.82 Å². The normalized spacial score (nSPS) is 18.6. The van der Waals surface area contributed by atoms with Crippen LogP contribution in [-0.2, 0) is 4.79 Å². The van der Waals surface area contributed by atoms with E-state index in [1.54, 1.807) is 42.4 Å². The van der Waals surface area contributed by atoms with Crippen LogP contribution in [0.3, 0.4) is 0 Å². The number of carbonyl (C=O) groups is 1. The van der Waals surface area contributed by atoms with Gasteiger partial charge in [-0.2, -0.15) is 4.98 Å². The largest absolute Gasteiger partial charge is 0.481 e. The van der Waals surface area contributed by atoms with Gasteiger partial charge < -0.3 is 19.8 Å². The van der Waals surface area contributed by atoms with Gasteiger partial charge in [-0.25, -0.2) is 9.97 Å². The van der Waals surface area contributed by atoms with Crippen molar-refractivity contribution in [3.63, 3.8) is 0 Å². The van der Waals surface area contributed by atoms with E-state index >= 15 is 0 Å². The maximum absolute atomic E-state index is 11.2. The van der Waals surface area contributed by atoms with Gasteiger partial charge in [0.05, 0.1) is 12.5 Å². The van der Waals surface area contributed by atoms with E-state index < -0.39 is 13.0 Å². The van der Waals surface area contributed by atoms with Crippen LogP contribution >= 0.6 is 0 Å². The average molecular weight is 330 g/mol. The summed E-state index contributed by atoms with van der Waals surface area (Å²) < 4.78 is 1.70. The molecular weight excluding hydrogens is 311 g/mol. The van der Waals surface area contributed by atoms with Crippen molar-refractivity contribution in [3.05, 3.63) is 31.0 Å². The minimum Gasteiger partial charge on any atom is -0.481 e. The summed E-state index contributed by atoms with van der Waals surface area (Å²) in [6, 6.07) is 1.50. The molecule has 0 bridgehead atoms. The number of aliphatic carboxylic acids is 1. The van der Waals surface area contributed by atoms with Gasteiger partial charge >= 0.3 is 13.0 Å². The zero-order valence-electron chi connectivity index (χ0n) is 13.4. The highest BCUT2D eigenvalue weighted by Crippen LogP contribution is 2.21. The number of hydrogen-bond acceptors (Lipinski definition) is 7. The van der Waals surface area contributed by atoms with Gasteiger partial charge in [0.1, 0.15) is 12.1 Å².